The molecule has 0 radical (unpaired) electrons. The minimum atomic E-state index is -0.767. The van der Waals surface area contributed by atoms with Crippen LogP contribution in [0.1, 0.15) is 20.1 Å². The lowest BCUT2D eigenvalue weighted by Crippen LogP contribution is -2.31. The molecule has 0 unspecified atom stereocenters. The van der Waals surface area contributed by atoms with E-state index in [9.17, 15) is 9.90 Å². The summed E-state index contributed by atoms with van der Waals surface area (Å²) in [6.07, 6.45) is 1.42. The van der Waals surface area contributed by atoms with Crippen LogP contribution in [0.4, 0.5) is 0 Å². The predicted molar refractivity (Wildman–Crippen MR) is 84.8 cm³/mol. The number of fused-ring (bicyclic) bond motifs is 2. The summed E-state index contributed by atoms with van der Waals surface area (Å²) >= 11 is 1.33. The van der Waals surface area contributed by atoms with E-state index < -0.39 is 30.3 Å². The van der Waals surface area contributed by atoms with Crippen molar-refractivity contribution in [3.63, 3.8) is 0 Å². The summed E-state index contributed by atoms with van der Waals surface area (Å²) in [5.74, 6) is -0.767. The molecule has 4 atom stereocenters. The molecule has 0 spiro atoms. The molecule has 0 bridgehead atoms. The SMILES string of the molecule is CSc1nc2c(ncn2[C@@H]2O[C@H](CO)[C@H]3OC(C)(C)O[C@H]32)c(=O)[nH]1. The van der Waals surface area contributed by atoms with Gasteiger partial charge in [-0.25, -0.2) is 9.97 Å². The number of rotatable bonds is 3. The number of aliphatic hydroxyl groups is 1. The van der Waals surface area contributed by atoms with Crippen molar-refractivity contribution in [2.45, 2.75) is 49.3 Å². The summed E-state index contributed by atoms with van der Waals surface area (Å²) in [6.45, 7) is 3.45. The number of hydrogen-bond acceptors (Lipinski definition) is 8. The van der Waals surface area contributed by atoms with Gasteiger partial charge in [-0.1, -0.05) is 11.8 Å². The number of ether oxygens (including phenoxy) is 3. The van der Waals surface area contributed by atoms with E-state index in [0.717, 1.165) is 0 Å². The number of nitrogens with zero attached hydrogens (tertiary/aromatic N) is 3. The van der Waals surface area contributed by atoms with Crippen molar-refractivity contribution in [3.05, 3.63) is 16.7 Å². The second-order valence-electron chi connectivity index (χ2n) is 6.21. The smallest absolute Gasteiger partial charge is 0.279 e. The Labute approximate surface area is 141 Å². The van der Waals surface area contributed by atoms with Crippen LogP contribution >= 0.6 is 11.8 Å². The first-order valence-electron chi connectivity index (χ1n) is 7.56. The second kappa shape index (κ2) is 5.53. The Morgan fingerprint density at radius 2 is 2.17 bits per heavy atom. The van der Waals surface area contributed by atoms with Gasteiger partial charge in [0.15, 0.2) is 28.3 Å². The lowest BCUT2D eigenvalue weighted by molar-refractivity contribution is -0.199. The monoisotopic (exact) mass is 354 g/mol. The third-order valence-corrected chi connectivity index (χ3v) is 4.76. The standard InChI is InChI=1S/C14H18N4O5S/c1-14(2)22-8-6(4-19)21-12(9(8)23-14)18-5-15-7-10(18)16-13(24-3)17-11(7)20/h5-6,8-9,12,19H,4H2,1-3H3,(H,16,17,20)/t6-,8-,9-,12-/m1/s1. The molecule has 0 aliphatic carbocycles. The van der Waals surface area contributed by atoms with Gasteiger partial charge in [0.1, 0.15) is 18.3 Å². The maximum atomic E-state index is 12.1. The van der Waals surface area contributed by atoms with E-state index in [1.165, 1.54) is 18.1 Å². The van der Waals surface area contributed by atoms with Crippen molar-refractivity contribution in [1.29, 1.82) is 0 Å². The van der Waals surface area contributed by atoms with Crippen LogP contribution in [0.2, 0.25) is 0 Å². The first-order valence-corrected chi connectivity index (χ1v) is 8.79. The maximum absolute atomic E-state index is 12.1. The number of imidazole rings is 1. The minimum Gasteiger partial charge on any atom is -0.394 e. The van der Waals surface area contributed by atoms with Crippen LogP contribution in [0, 0.1) is 0 Å². The molecule has 2 aromatic heterocycles. The summed E-state index contributed by atoms with van der Waals surface area (Å²) in [5.41, 5.74) is 0.345. The molecule has 4 heterocycles. The van der Waals surface area contributed by atoms with E-state index in [4.69, 9.17) is 14.2 Å². The topological polar surface area (TPSA) is 111 Å². The lowest BCUT2D eigenvalue weighted by Gasteiger charge is -2.24. The van der Waals surface area contributed by atoms with Crippen LogP contribution in [0.25, 0.3) is 11.2 Å². The van der Waals surface area contributed by atoms with Crippen molar-refractivity contribution >= 4 is 22.9 Å². The Morgan fingerprint density at radius 1 is 1.42 bits per heavy atom. The molecular weight excluding hydrogens is 336 g/mol. The highest BCUT2D eigenvalue weighted by Gasteiger charge is 2.55. The summed E-state index contributed by atoms with van der Waals surface area (Å²) in [5, 5.41) is 10.1. The maximum Gasteiger partial charge on any atom is 0.279 e. The van der Waals surface area contributed by atoms with Gasteiger partial charge in [-0.15, -0.1) is 0 Å². The highest BCUT2D eigenvalue weighted by atomic mass is 32.2. The third kappa shape index (κ3) is 2.37. The Kier molecular flexibility index (Phi) is 3.69. The van der Waals surface area contributed by atoms with Gasteiger partial charge in [-0.2, -0.15) is 0 Å². The Hall–Kier alpha value is -1.46. The van der Waals surface area contributed by atoms with Crippen molar-refractivity contribution in [3.8, 4) is 0 Å². The van der Waals surface area contributed by atoms with Gasteiger partial charge in [0.05, 0.1) is 12.9 Å². The van der Waals surface area contributed by atoms with E-state index in [-0.39, 0.29) is 17.7 Å². The largest absolute Gasteiger partial charge is 0.394 e. The molecule has 2 saturated heterocycles. The van der Waals surface area contributed by atoms with Crippen molar-refractivity contribution in [2.24, 2.45) is 0 Å². The quantitative estimate of drug-likeness (QED) is 0.596. The molecule has 24 heavy (non-hydrogen) atoms. The molecule has 2 aliphatic heterocycles. The zero-order valence-electron chi connectivity index (χ0n) is 13.4. The highest BCUT2D eigenvalue weighted by Crippen LogP contribution is 2.43. The number of hydrogen-bond donors (Lipinski definition) is 2. The fraction of sp³-hybridized carbons (Fsp3) is 0.643. The molecule has 0 aromatic carbocycles. The zero-order chi connectivity index (χ0) is 17.1. The number of aromatic amines is 1. The summed E-state index contributed by atoms with van der Waals surface area (Å²) in [7, 11) is 0. The third-order valence-electron chi connectivity index (χ3n) is 4.18. The van der Waals surface area contributed by atoms with Gasteiger partial charge >= 0.3 is 0 Å². The average Bonchev–Trinajstić information content (AvgIpc) is 3.17. The van der Waals surface area contributed by atoms with Crippen LogP contribution in [-0.2, 0) is 14.2 Å². The molecule has 2 fully saturated rings. The summed E-state index contributed by atoms with van der Waals surface area (Å²) < 4.78 is 19.4. The van der Waals surface area contributed by atoms with Crippen LogP contribution < -0.4 is 5.56 Å². The molecule has 2 aliphatic rings. The molecule has 9 nitrogen and oxygen atoms in total. The number of thioether (sulfide) groups is 1. The Bertz CT molecular complexity index is 834. The van der Waals surface area contributed by atoms with Crippen molar-refractivity contribution in [1.82, 2.24) is 19.5 Å². The molecule has 2 aromatic rings. The number of aromatic nitrogens is 4. The van der Waals surface area contributed by atoms with Crippen LogP contribution in [0.15, 0.2) is 16.3 Å². The predicted octanol–water partition coefficient (Wildman–Crippen LogP) is 0.251. The molecular formula is C14H18N4O5S. The average molecular weight is 354 g/mol. The van der Waals surface area contributed by atoms with E-state index in [0.29, 0.717) is 10.8 Å². The van der Waals surface area contributed by atoms with Gasteiger partial charge < -0.3 is 19.3 Å². The number of aliphatic hydroxyl groups excluding tert-OH is 1. The van der Waals surface area contributed by atoms with Crippen molar-refractivity contribution < 1.29 is 19.3 Å². The summed E-state index contributed by atoms with van der Waals surface area (Å²) in [4.78, 5) is 23.4. The zero-order valence-corrected chi connectivity index (χ0v) is 14.2. The van der Waals surface area contributed by atoms with Gasteiger partial charge in [0.2, 0.25) is 0 Å². The van der Waals surface area contributed by atoms with E-state index in [2.05, 4.69) is 15.0 Å². The Balaban J connectivity index is 1.80. The van der Waals surface area contributed by atoms with Gasteiger partial charge in [-0.3, -0.25) is 14.3 Å². The van der Waals surface area contributed by atoms with E-state index >= 15 is 0 Å². The van der Waals surface area contributed by atoms with Crippen LogP contribution in [0.5, 0.6) is 0 Å². The van der Waals surface area contributed by atoms with E-state index in [1.54, 1.807) is 4.57 Å². The normalized spacial score (nSPS) is 31.7. The molecule has 130 valence electrons. The molecule has 2 N–H and O–H groups in total. The fourth-order valence-electron chi connectivity index (χ4n) is 3.22. The highest BCUT2D eigenvalue weighted by molar-refractivity contribution is 7.98. The van der Waals surface area contributed by atoms with E-state index in [1.807, 2.05) is 20.1 Å². The molecule has 4 rings (SSSR count). The molecule has 0 amide bonds. The first kappa shape index (κ1) is 16.0. The number of H-pyrrole nitrogens is 1. The second-order valence-corrected chi connectivity index (χ2v) is 7.01. The Morgan fingerprint density at radius 3 is 2.88 bits per heavy atom. The summed E-state index contributed by atoms with van der Waals surface area (Å²) in [6, 6.07) is 0. The van der Waals surface area contributed by atoms with Gasteiger partial charge in [0.25, 0.3) is 5.56 Å². The van der Waals surface area contributed by atoms with Crippen LogP contribution in [-0.4, -0.2) is 61.6 Å². The van der Waals surface area contributed by atoms with Crippen molar-refractivity contribution in [2.75, 3.05) is 12.9 Å². The lowest BCUT2D eigenvalue weighted by atomic mass is 10.1. The minimum absolute atomic E-state index is 0.187. The molecule has 0 saturated carbocycles. The van der Waals surface area contributed by atoms with Gasteiger partial charge in [0, 0.05) is 0 Å². The first-order chi connectivity index (χ1) is 11.4. The number of nitrogens with one attached hydrogen (secondary N) is 1. The van der Waals surface area contributed by atoms with Crippen LogP contribution in [0.3, 0.4) is 0 Å². The van der Waals surface area contributed by atoms with Gasteiger partial charge in [-0.05, 0) is 20.1 Å². The fourth-order valence-corrected chi connectivity index (χ4v) is 3.59. The molecule has 10 heteroatoms.